The molecule has 4 aromatic heterocycles. The number of sulfone groups is 1. The zero-order chi connectivity index (χ0) is 50.1. The van der Waals surface area contributed by atoms with Gasteiger partial charge in [0.25, 0.3) is 0 Å². The summed E-state index contributed by atoms with van der Waals surface area (Å²) in [7, 11) is -6.69. The quantitative estimate of drug-likeness (QED) is 0.0293. The number of ether oxygens (including phenoxy) is 2. The van der Waals surface area contributed by atoms with Crippen LogP contribution < -0.4 is 0 Å². The molecule has 0 radical (unpaired) electrons. The Morgan fingerprint density at radius 2 is 1.04 bits per heavy atom. The number of rotatable bonds is 22. The number of hydrogen-bond acceptors (Lipinski definition) is 15. The maximum absolute atomic E-state index is 12.8. The predicted molar refractivity (Wildman–Crippen MR) is 278 cm³/mol. The van der Waals surface area contributed by atoms with Crippen LogP contribution in [0.4, 0.5) is 0 Å². The fraction of sp³-hybridized carbons (Fsp3) is 0.476. The molecule has 0 spiro atoms. The van der Waals surface area contributed by atoms with Crippen molar-refractivity contribution in [3.8, 4) is 22.5 Å². The van der Waals surface area contributed by atoms with Gasteiger partial charge in [-0.05, 0) is 31.2 Å². The molecule has 0 bridgehead atoms. The number of nitrogens with zero attached hydrogens (tertiary/aromatic N) is 10. The number of halogens is 2. The molecule has 0 aliphatic rings. The van der Waals surface area contributed by atoms with Crippen LogP contribution in [0.15, 0.2) is 58.8 Å². The molecule has 0 amide bonds. The van der Waals surface area contributed by atoms with Crippen molar-refractivity contribution in [3.05, 3.63) is 70.0 Å². The van der Waals surface area contributed by atoms with E-state index in [9.17, 15) is 25.3 Å². The lowest BCUT2D eigenvalue weighted by molar-refractivity contribution is 0.0719. The fourth-order valence-corrected chi connectivity index (χ4v) is 11.6. The van der Waals surface area contributed by atoms with Crippen LogP contribution in [0, 0.1) is 0 Å². The monoisotopic (exact) mass is 1090 g/mol. The minimum atomic E-state index is -3.85. The number of hydrogen-bond donors (Lipinski definition) is 0. The summed E-state index contributed by atoms with van der Waals surface area (Å²) in [6.45, 7) is 10.6. The van der Waals surface area contributed by atoms with Crippen LogP contribution in [0.5, 0.6) is 0 Å². The second-order valence-electron chi connectivity index (χ2n) is 17.2. The van der Waals surface area contributed by atoms with Crippen LogP contribution in [-0.4, -0.2) is 145 Å². The molecule has 0 N–H and O–H groups in total. The molecule has 18 nitrogen and oxygen atoms in total. The molecule has 26 heteroatoms. The molecule has 0 atom stereocenters. The van der Waals surface area contributed by atoms with E-state index in [4.69, 9.17) is 37.8 Å². The minimum Gasteiger partial charge on any atom is -0.359 e. The normalized spacial score (nSPS) is 12.6. The Morgan fingerprint density at radius 3 is 1.43 bits per heavy atom. The minimum absolute atomic E-state index is 0.0146. The maximum atomic E-state index is 12.8. The molecule has 4 heterocycles. The zero-order valence-electron chi connectivity index (χ0n) is 40.0. The van der Waals surface area contributed by atoms with Crippen LogP contribution in [0.25, 0.3) is 44.6 Å². The summed E-state index contributed by atoms with van der Waals surface area (Å²) >= 11 is 14.3. The average molecular weight is 1090 g/mol. The highest BCUT2D eigenvalue weighted by atomic mass is 35.5. The Hall–Kier alpha value is -3.41. The van der Waals surface area contributed by atoms with Crippen LogP contribution in [0.1, 0.15) is 24.2 Å². The smallest absolute Gasteiger partial charge is 0.249 e. The van der Waals surface area contributed by atoms with Gasteiger partial charge in [-0.15, -0.1) is 0 Å². The predicted octanol–water partition coefficient (Wildman–Crippen LogP) is 6.90. The average Bonchev–Trinajstić information content (AvgIpc) is 3.81. The highest BCUT2D eigenvalue weighted by Crippen LogP contribution is 2.37. The first-order valence-electron chi connectivity index (χ1n) is 21.7. The molecule has 0 unspecified atom stereocenters. The van der Waals surface area contributed by atoms with Crippen LogP contribution in [-0.2, 0) is 64.3 Å². The van der Waals surface area contributed by atoms with Crippen molar-refractivity contribution in [1.29, 1.82) is 0 Å². The van der Waals surface area contributed by atoms with Gasteiger partial charge in [0.1, 0.15) is 36.4 Å². The molecule has 6 aromatic rings. The number of benzene rings is 2. The summed E-state index contributed by atoms with van der Waals surface area (Å²) in [5, 5.41) is 11.2. The molecule has 0 aliphatic carbocycles. The van der Waals surface area contributed by atoms with Gasteiger partial charge in [-0.3, -0.25) is 0 Å². The standard InChI is InChI=1S/C21H30ClN5O5S2Si.C21H30ClN5O3S2Si/c1-26(2)34(30,31)13-17-18-19(15-9-6-7-10-16(15)22)25-27(14-32-11-8-12-35(4)5)20(18)24-21(23-17)33(3,28)29;1-26(2)32(28,29)13-17-18-19(15-9-6-7-10-16(15)22)25-27(14-30-11-8-12-33(4)5)20(18)24-21(23-17)31-3/h6-7,9-10,35H,8,11-14H2,1-5H3;6-7,9-10,33H,8,11-14H2,1-5H3. The summed E-state index contributed by atoms with van der Waals surface area (Å²) in [5.41, 5.74) is 3.25. The Bertz CT molecular complexity index is 3050. The van der Waals surface area contributed by atoms with Crippen molar-refractivity contribution in [3.63, 3.8) is 0 Å². The van der Waals surface area contributed by atoms with Gasteiger partial charge in [-0.1, -0.05) is 110 Å². The summed E-state index contributed by atoms with van der Waals surface area (Å²) in [5.74, 6) is -0.805. The van der Waals surface area contributed by atoms with Gasteiger partial charge in [-0.25, -0.2) is 58.2 Å². The third-order valence-corrected chi connectivity index (χ3v) is 19.1. The second kappa shape index (κ2) is 24.1. The number of aromatic nitrogens is 8. The molecule has 68 heavy (non-hydrogen) atoms. The molecule has 2 aromatic carbocycles. The van der Waals surface area contributed by atoms with Gasteiger partial charge in [0.05, 0.1) is 32.2 Å². The van der Waals surface area contributed by atoms with Crippen molar-refractivity contribution < 1.29 is 34.7 Å². The van der Waals surface area contributed by atoms with Gasteiger partial charge < -0.3 is 9.47 Å². The molecule has 372 valence electrons. The lowest BCUT2D eigenvalue weighted by Crippen LogP contribution is -2.24. The van der Waals surface area contributed by atoms with Gasteiger partial charge in [0, 0.05) is 76.4 Å². The van der Waals surface area contributed by atoms with E-state index in [0.29, 0.717) is 73.0 Å². The third-order valence-electron chi connectivity index (χ3n) is 10.4. The van der Waals surface area contributed by atoms with Gasteiger partial charge in [0.15, 0.2) is 16.5 Å². The summed E-state index contributed by atoms with van der Waals surface area (Å²) in [6, 6.07) is 16.7. The van der Waals surface area contributed by atoms with E-state index in [1.54, 1.807) is 35.0 Å². The van der Waals surface area contributed by atoms with Crippen LogP contribution in [0.3, 0.4) is 0 Å². The lowest BCUT2D eigenvalue weighted by Gasteiger charge is -2.12. The van der Waals surface area contributed by atoms with Crippen molar-refractivity contribution in [2.24, 2.45) is 0 Å². The van der Waals surface area contributed by atoms with Crippen molar-refractivity contribution in [2.45, 2.75) is 86.4 Å². The third kappa shape index (κ3) is 14.4. The number of thioether (sulfide) groups is 1. The first-order valence-corrected chi connectivity index (χ1v) is 35.0. The molecule has 0 saturated carbocycles. The van der Waals surface area contributed by atoms with E-state index in [0.717, 1.165) is 29.4 Å². The van der Waals surface area contributed by atoms with Gasteiger partial charge in [0.2, 0.25) is 35.0 Å². The van der Waals surface area contributed by atoms with E-state index in [2.05, 4.69) is 51.2 Å². The van der Waals surface area contributed by atoms with E-state index < -0.39 is 58.4 Å². The van der Waals surface area contributed by atoms with Gasteiger partial charge >= 0.3 is 0 Å². The fourth-order valence-electron chi connectivity index (χ4n) is 6.66. The van der Waals surface area contributed by atoms with E-state index >= 15 is 0 Å². The maximum Gasteiger partial charge on any atom is 0.249 e. The first-order chi connectivity index (χ1) is 31.9. The van der Waals surface area contributed by atoms with E-state index in [-0.39, 0.29) is 30.6 Å². The lowest BCUT2D eigenvalue weighted by atomic mass is 10.1. The number of fused-ring (bicyclic) bond motifs is 2. The van der Waals surface area contributed by atoms with Gasteiger partial charge in [-0.2, -0.15) is 15.2 Å². The first kappa shape index (κ1) is 55.5. The largest absolute Gasteiger partial charge is 0.359 e. The Balaban J connectivity index is 0.000000255. The SMILES string of the molecule is CN(C)S(=O)(=O)Cc1nc(S(C)(=O)=O)nc2c1c(-c1ccccc1Cl)nn2COCCC[SiH](C)C.CSc1nc(CS(=O)(=O)N(C)C)c2c(-c3ccccc3Cl)nn(COCCC[SiH](C)C)c2n1. The Labute approximate surface area is 417 Å². The second-order valence-corrected chi connectivity index (χ2v) is 31.8. The molecule has 0 aliphatic heterocycles. The summed E-state index contributed by atoms with van der Waals surface area (Å²) in [6.07, 6.45) is 4.75. The topological polar surface area (TPSA) is 215 Å². The van der Waals surface area contributed by atoms with Crippen molar-refractivity contribution in [2.75, 3.05) is 53.9 Å². The molecular weight excluding hydrogens is 1030 g/mol. The summed E-state index contributed by atoms with van der Waals surface area (Å²) in [4.78, 5) is 17.6. The molecule has 0 saturated heterocycles. The molecular formula is C42H60Cl2N10O8S4Si2. The van der Waals surface area contributed by atoms with E-state index in [1.807, 2.05) is 24.5 Å². The van der Waals surface area contributed by atoms with Crippen molar-refractivity contribution >= 4 is 105 Å². The van der Waals surface area contributed by atoms with Crippen LogP contribution >= 0.6 is 35.0 Å². The number of sulfonamides is 2. The van der Waals surface area contributed by atoms with Crippen LogP contribution in [0.2, 0.25) is 48.3 Å². The summed E-state index contributed by atoms with van der Waals surface area (Å²) < 4.78 is 92.9. The Morgan fingerprint density at radius 1 is 0.632 bits per heavy atom. The Kier molecular flexibility index (Phi) is 19.7. The highest BCUT2D eigenvalue weighted by molar-refractivity contribution is 7.98. The zero-order valence-corrected chi connectivity index (χ0v) is 47.1. The highest BCUT2D eigenvalue weighted by Gasteiger charge is 2.29. The van der Waals surface area contributed by atoms with Crippen molar-refractivity contribution in [1.82, 2.24) is 48.1 Å². The molecule has 0 fully saturated rings. The molecule has 6 rings (SSSR count). The van der Waals surface area contributed by atoms with E-state index in [1.165, 1.54) is 55.0 Å².